The molecule has 1 aliphatic heterocycles. The third kappa shape index (κ3) is 5.63. The minimum Gasteiger partial charge on any atom is -0.339 e. The van der Waals surface area contributed by atoms with E-state index < -0.39 is 0 Å². The van der Waals surface area contributed by atoms with Crippen molar-refractivity contribution in [1.82, 2.24) is 4.90 Å². The zero-order valence-corrected chi connectivity index (χ0v) is 17.1. The molecular formula is C24H35NO. The van der Waals surface area contributed by atoms with Gasteiger partial charge < -0.3 is 4.90 Å². The summed E-state index contributed by atoms with van der Waals surface area (Å²) in [5, 5.41) is 0. The Bertz CT molecular complexity index is 631. The van der Waals surface area contributed by atoms with Gasteiger partial charge in [-0.2, -0.15) is 0 Å². The molecular weight excluding hydrogens is 318 g/mol. The lowest BCUT2D eigenvalue weighted by Crippen LogP contribution is -2.39. The molecule has 26 heavy (non-hydrogen) atoms. The Morgan fingerprint density at radius 1 is 1.15 bits per heavy atom. The number of hydrogen-bond acceptors (Lipinski definition) is 1. The summed E-state index contributed by atoms with van der Waals surface area (Å²) in [5.41, 5.74) is 2.43. The van der Waals surface area contributed by atoms with Crippen LogP contribution in [-0.2, 0) is 11.2 Å². The predicted octanol–water partition coefficient (Wildman–Crippen LogP) is 5.44. The van der Waals surface area contributed by atoms with Crippen molar-refractivity contribution in [3.05, 3.63) is 35.4 Å². The molecule has 142 valence electrons. The van der Waals surface area contributed by atoms with Crippen molar-refractivity contribution in [3.63, 3.8) is 0 Å². The van der Waals surface area contributed by atoms with Gasteiger partial charge in [0.15, 0.2) is 0 Å². The van der Waals surface area contributed by atoms with E-state index in [0.29, 0.717) is 17.9 Å². The van der Waals surface area contributed by atoms with Crippen LogP contribution in [0.25, 0.3) is 0 Å². The summed E-state index contributed by atoms with van der Waals surface area (Å²) in [6, 6.07) is 8.97. The first-order valence-electron chi connectivity index (χ1n) is 10.5. The van der Waals surface area contributed by atoms with Crippen LogP contribution in [0.3, 0.4) is 0 Å². The lowest BCUT2D eigenvalue weighted by molar-refractivity contribution is -0.135. The van der Waals surface area contributed by atoms with Crippen LogP contribution in [0.15, 0.2) is 24.3 Å². The van der Waals surface area contributed by atoms with Gasteiger partial charge in [0.2, 0.25) is 5.91 Å². The molecule has 3 rings (SSSR count). The molecule has 2 aliphatic rings. The van der Waals surface area contributed by atoms with Gasteiger partial charge in [-0.25, -0.2) is 0 Å². The van der Waals surface area contributed by atoms with Crippen LogP contribution in [0.4, 0.5) is 0 Å². The average Bonchev–Trinajstić information content (AvgIpc) is 3.33. The number of hydrogen-bond donors (Lipinski definition) is 0. The van der Waals surface area contributed by atoms with Gasteiger partial charge in [-0.15, -0.1) is 0 Å². The van der Waals surface area contributed by atoms with Crippen molar-refractivity contribution < 1.29 is 4.79 Å². The zero-order valence-electron chi connectivity index (χ0n) is 17.1. The molecule has 1 aromatic carbocycles. The van der Waals surface area contributed by atoms with Crippen LogP contribution in [0.5, 0.6) is 0 Å². The van der Waals surface area contributed by atoms with Crippen LogP contribution >= 0.6 is 0 Å². The Morgan fingerprint density at radius 2 is 1.88 bits per heavy atom. The summed E-state index contributed by atoms with van der Waals surface area (Å²) in [5.74, 6) is 7.81. The van der Waals surface area contributed by atoms with Gasteiger partial charge in [0, 0.05) is 30.0 Å². The molecule has 1 amide bonds. The molecule has 2 heteroatoms. The molecule has 1 saturated carbocycles. The Kier molecular flexibility index (Phi) is 8.23. The van der Waals surface area contributed by atoms with Crippen molar-refractivity contribution in [1.29, 1.82) is 0 Å². The van der Waals surface area contributed by atoms with Gasteiger partial charge >= 0.3 is 0 Å². The maximum atomic E-state index is 12.4. The summed E-state index contributed by atoms with van der Waals surface area (Å²) >= 11 is 0. The maximum absolute atomic E-state index is 12.4. The van der Waals surface area contributed by atoms with E-state index in [1.165, 1.54) is 31.2 Å². The fourth-order valence-corrected chi connectivity index (χ4v) is 3.97. The topological polar surface area (TPSA) is 20.3 Å². The minimum absolute atomic E-state index is 0.0919. The number of benzene rings is 1. The van der Waals surface area contributed by atoms with Gasteiger partial charge in [-0.1, -0.05) is 64.5 Å². The van der Waals surface area contributed by atoms with Crippen LogP contribution in [0.1, 0.15) is 77.3 Å². The highest BCUT2D eigenvalue weighted by molar-refractivity contribution is 5.78. The zero-order chi connectivity index (χ0) is 18.9. The van der Waals surface area contributed by atoms with E-state index in [0.717, 1.165) is 31.4 Å². The summed E-state index contributed by atoms with van der Waals surface area (Å²) < 4.78 is 0. The molecule has 1 saturated heterocycles. The van der Waals surface area contributed by atoms with Gasteiger partial charge in [0.25, 0.3) is 0 Å². The third-order valence-electron chi connectivity index (χ3n) is 5.33. The predicted molar refractivity (Wildman–Crippen MR) is 110 cm³/mol. The molecule has 2 nitrogen and oxygen atoms in total. The quantitative estimate of drug-likeness (QED) is 0.662. The molecule has 0 bridgehead atoms. The van der Waals surface area contributed by atoms with Crippen molar-refractivity contribution in [2.75, 3.05) is 6.54 Å². The van der Waals surface area contributed by atoms with Crippen molar-refractivity contribution in [3.8, 4) is 11.8 Å². The SMILES string of the molecule is CC.CC(C)C(=O)N1CCCC1Cc1cccc(C#CC2CCCC2)c1. The molecule has 1 unspecified atom stereocenters. The monoisotopic (exact) mass is 353 g/mol. The molecule has 2 fully saturated rings. The first kappa shape index (κ1) is 20.6. The van der Waals surface area contributed by atoms with Crippen molar-refractivity contribution in [2.24, 2.45) is 11.8 Å². The van der Waals surface area contributed by atoms with E-state index in [9.17, 15) is 4.79 Å². The number of carbonyl (C=O) groups excluding carboxylic acids is 1. The standard InChI is InChI=1S/C22H29NO.C2H6/c1-17(2)22(24)23-14-6-11-21(23)16-20-10-5-9-19(15-20)13-12-18-7-3-4-8-18;1-2/h5,9-10,15,17-18,21H,3-4,6-8,11,14,16H2,1-2H3;1-2H3. The third-order valence-corrected chi connectivity index (χ3v) is 5.33. The number of nitrogens with zero attached hydrogens (tertiary/aromatic N) is 1. The van der Waals surface area contributed by atoms with Gasteiger partial charge in [0.1, 0.15) is 0 Å². The second-order valence-corrected chi connectivity index (χ2v) is 7.64. The smallest absolute Gasteiger partial charge is 0.225 e. The molecule has 1 atom stereocenters. The van der Waals surface area contributed by atoms with Crippen molar-refractivity contribution in [2.45, 2.75) is 78.7 Å². The highest BCUT2D eigenvalue weighted by atomic mass is 16.2. The largest absolute Gasteiger partial charge is 0.339 e. The Morgan fingerprint density at radius 3 is 2.58 bits per heavy atom. The number of likely N-dealkylation sites (tertiary alicyclic amines) is 1. The fourth-order valence-electron chi connectivity index (χ4n) is 3.97. The van der Waals surface area contributed by atoms with E-state index in [1.54, 1.807) is 0 Å². The minimum atomic E-state index is 0.0919. The fraction of sp³-hybridized carbons (Fsp3) is 0.625. The van der Waals surface area contributed by atoms with E-state index in [1.807, 2.05) is 27.7 Å². The summed E-state index contributed by atoms with van der Waals surface area (Å²) in [4.78, 5) is 14.5. The molecule has 0 aromatic heterocycles. The first-order chi connectivity index (χ1) is 12.6. The normalized spacial score (nSPS) is 19.7. The Hall–Kier alpha value is -1.75. The van der Waals surface area contributed by atoms with Crippen LogP contribution in [0, 0.1) is 23.7 Å². The number of carbonyl (C=O) groups is 1. The summed E-state index contributed by atoms with van der Waals surface area (Å²) in [6.07, 6.45) is 8.40. The van der Waals surface area contributed by atoms with E-state index in [-0.39, 0.29) is 5.92 Å². The highest BCUT2D eigenvalue weighted by Crippen LogP contribution is 2.25. The summed E-state index contributed by atoms with van der Waals surface area (Å²) in [7, 11) is 0. The second-order valence-electron chi connectivity index (χ2n) is 7.64. The molecule has 1 heterocycles. The Labute approximate surface area is 160 Å². The van der Waals surface area contributed by atoms with E-state index >= 15 is 0 Å². The first-order valence-corrected chi connectivity index (χ1v) is 10.5. The molecule has 0 spiro atoms. The Balaban J connectivity index is 0.00000117. The van der Waals surface area contributed by atoms with Crippen molar-refractivity contribution >= 4 is 5.91 Å². The number of amides is 1. The second kappa shape index (κ2) is 10.4. The lowest BCUT2D eigenvalue weighted by atomic mass is 10.0. The lowest BCUT2D eigenvalue weighted by Gasteiger charge is -2.26. The average molecular weight is 354 g/mol. The van der Waals surface area contributed by atoms with Gasteiger partial charge in [-0.3, -0.25) is 4.79 Å². The van der Waals surface area contributed by atoms with Gasteiger partial charge in [0.05, 0.1) is 0 Å². The molecule has 0 radical (unpaired) electrons. The summed E-state index contributed by atoms with van der Waals surface area (Å²) in [6.45, 7) is 8.91. The van der Waals surface area contributed by atoms with Crippen LogP contribution < -0.4 is 0 Å². The van der Waals surface area contributed by atoms with E-state index in [2.05, 4.69) is 41.0 Å². The maximum Gasteiger partial charge on any atom is 0.225 e. The molecule has 1 aromatic rings. The van der Waals surface area contributed by atoms with Crippen LogP contribution in [-0.4, -0.2) is 23.4 Å². The van der Waals surface area contributed by atoms with E-state index in [4.69, 9.17) is 0 Å². The van der Waals surface area contributed by atoms with Crippen LogP contribution in [0.2, 0.25) is 0 Å². The highest BCUT2D eigenvalue weighted by Gasteiger charge is 2.29. The van der Waals surface area contributed by atoms with Gasteiger partial charge in [-0.05, 0) is 49.8 Å². The molecule has 1 aliphatic carbocycles. The molecule has 0 N–H and O–H groups in total. The number of rotatable bonds is 3.